The van der Waals surface area contributed by atoms with Crippen LogP contribution in [0.5, 0.6) is 0 Å². The summed E-state index contributed by atoms with van der Waals surface area (Å²) < 4.78 is 29.6. The number of hydrogen-bond donors (Lipinski definition) is 1. The minimum atomic E-state index is -0.365. The Morgan fingerprint density at radius 3 is 2.42 bits per heavy atom. The van der Waals surface area contributed by atoms with Gasteiger partial charge in [0.2, 0.25) is 5.91 Å². The molecule has 31 heavy (non-hydrogen) atoms. The van der Waals surface area contributed by atoms with Gasteiger partial charge >= 0.3 is 0 Å². The van der Waals surface area contributed by atoms with Gasteiger partial charge in [-0.3, -0.25) is 9.20 Å². The lowest BCUT2D eigenvalue weighted by Crippen LogP contribution is -2.14. The number of fused-ring (bicyclic) bond motifs is 3. The molecule has 5 aromatic rings. The highest BCUT2D eigenvalue weighted by molar-refractivity contribution is 7.99. The van der Waals surface area contributed by atoms with Gasteiger partial charge in [-0.1, -0.05) is 11.8 Å². The van der Waals surface area contributed by atoms with Crippen LogP contribution in [0.1, 0.15) is 0 Å². The van der Waals surface area contributed by atoms with Crippen molar-refractivity contribution in [1.29, 1.82) is 0 Å². The fourth-order valence-corrected chi connectivity index (χ4v) is 3.83. The van der Waals surface area contributed by atoms with E-state index in [9.17, 15) is 13.6 Å². The second-order valence-corrected chi connectivity index (χ2v) is 7.63. The molecule has 5 rings (SSSR count). The molecule has 3 heterocycles. The maximum Gasteiger partial charge on any atom is 0.234 e. The molecule has 3 aromatic heterocycles. The van der Waals surface area contributed by atoms with Crippen molar-refractivity contribution in [2.24, 2.45) is 0 Å². The molecule has 0 radical (unpaired) electrons. The Balaban J connectivity index is 1.36. The van der Waals surface area contributed by atoms with Gasteiger partial charge in [-0.2, -0.15) is 5.10 Å². The largest absolute Gasteiger partial charge is 0.325 e. The number of anilines is 1. The molecule has 0 aliphatic rings. The van der Waals surface area contributed by atoms with Crippen LogP contribution in [0, 0.1) is 11.6 Å². The second-order valence-electron chi connectivity index (χ2n) is 6.68. The Labute approximate surface area is 178 Å². The van der Waals surface area contributed by atoms with Crippen LogP contribution in [0.15, 0.2) is 72.1 Å². The van der Waals surface area contributed by atoms with Crippen molar-refractivity contribution >= 4 is 34.5 Å². The molecule has 154 valence electrons. The molecule has 10 heteroatoms. The number of thioether (sulfide) groups is 1. The number of carbonyl (C=O) groups is 1. The van der Waals surface area contributed by atoms with Crippen molar-refractivity contribution in [2.45, 2.75) is 5.16 Å². The first-order chi connectivity index (χ1) is 15.1. The summed E-state index contributed by atoms with van der Waals surface area (Å²) in [5.41, 5.74) is 3.31. The molecule has 0 atom stereocenters. The predicted molar refractivity (Wildman–Crippen MR) is 113 cm³/mol. The van der Waals surface area contributed by atoms with E-state index in [-0.39, 0.29) is 23.3 Å². The first-order valence-electron chi connectivity index (χ1n) is 9.24. The Kier molecular flexibility index (Phi) is 4.83. The molecule has 0 unspecified atom stereocenters. The van der Waals surface area contributed by atoms with E-state index in [1.165, 1.54) is 48.2 Å². The summed E-state index contributed by atoms with van der Waals surface area (Å²) in [6.45, 7) is 0. The van der Waals surface area contributed by atoms with Gasteiger partial charge in [0.15, 0.2) is 10.8 Å². The lowest BCUT2D eigenvalue weighted by atomic mass is 10.1. The first-order valence-corrected chi connectivity index (χ1v) is 10.2. The van der Waals surface area contributed by atoms with Crippen molar-refractivity contribution in [1.82, 2.24) is 24.2 Å². The SMILES string of the molecule is O=C(CSc1nnc2c3cc(-c4ccc(F)cc4)nn3ccn12)Nc1ccc(F)cc1. The highest BCUT2D eigenvalue weighted by atomic mass is 32.2. The van der Waals surface area contributed by atoms with Crippen LogP contribution in [0.2, 0.25) is 0 Å². The third kappa shape index (κ3) is 3.84. The summed E-state index contributed by atoms with van der Waals surface area (Å²) >= 11 is 1.23. The summed E-state index contributed by atoms with van der Waals surface area (Å²) in [5, 5.41) is 16.2. The number of aromatic nitrogens is 5. The van der Waals surface area contributed by atoms with Crippen LogP contribution < -0.4 is 5.32 Å². The maximum atomic E-state index is 13.2. The molecule has 0 fully saturated rings. The van der Waals surface area contributed by atoms with E-state index in [2.05, 4.69) is 20.6 Å². The van der Waals surface area contributed by atoms with E-state index in [0.717, 1.165) is 11.1 Å². The molecule has 0 aliphatic heterocycles. The monoisotopic (exact) mass is 436 g/mol. The average Bonchev–Trinajstić information content (AvgIpc) is 3.38. The van der Waals surface area contributed by atoms with E-state index in [1.807, 2.05) is 6.07 Å². The van der Waals surface area contributed by atoms with E-state index in [1.54, 1.807) is 33.4 Å². The number of nitrogens with zero attached hydrogens (tertiary/aromatic N) is 5. The molecule has 2 aromatic carbocycles. The second kappa shape index (κ2) is 7.80. The van der Waals surface area contributed by atoms with Crippen molar-refractivity contribution in [3.63, 3.8) is 0 Å². The van der Waals surface area contributed by atoms with Crippen LogP contribution >= 0.6 is 11.8 Å². The number of amides is 1. The molecule has 1 amide bonds. The van der Waals surface area contributed by atoms with Gasteiger partial charge in [0, 0.05) is 23.6 Å². The lowest BCUT2D eigenvalue weighted by molar-refractivity contribution is -0.113. The zero-order valence-electron chi connectivity index (χ0n) is 15.9. The molecular formula is C21H14F2N6OS. The number of rotatable bonds is 5. The van der Waals surface area contributed by atoms with Crippen LogP contribution in [0.4, 0.5) is 14.5 Å². The third-order valence-corrected chi connectivity index (χ3v) is 5.53. The minimum Gasteiger partial charge on any atom is -0.325 e. The van der Waals surface area contributed by atoms with Gasteiger partial charge < -0.3 is 5.32 Å². The maximum absolute atomic E-state index is 13.2. The summed E-state index contributed by atoms with van der Waals surface area (Å²) in [4.78, 5) is 12.2. The van der Waals surface area contributed by atoms with Gasteiger partial charge in [0.1, 0.15) is 17.2 Å². The van der Waals surface area contributed by atoms with Gasteiger partial charge in [-0.25, -0.2) is 13.3 Å². The van der Waals surface area contributed by atoms with Gasteiger partial charge in [-0.15, -0.1) is 10.2 Å². The van der Waals surface area contributed by atoms with Crippen LogP contribution in [0.25, 0.3) is 22.4 Å². The van der Waals surface area contributed by atoms with E-state index < -0.39 is 0 Å². The van der Waals surface area contributed by atoms with E-state index >= 15 is 0 Å². The fraction of sp³-hybridized carbons (Fsp3) is 0.0476. The van der Waals surface area contributed by atoms with E-state index in [0.29, 0.717) is 22.2 Å². The Morgan fingerprint density at radius 1 is 0.968 bits per heavy atom. The summed E-state index contributed by atoms with van der Waals surface area (Å²) in [7, 11) is 0. The Hall–Kier alpha value is -3.79. The lowest BCUT2D eigenvalue weighted by Gasteiger charge is -2.04. The summed E-state index contributed by atoms with van der Waals surface area (Å²) in [6, 6.07) is 13.5. The predicted octanol–water partition coefficient (Wildman–Crippen LogP) is 4.05. The number of carbonyl (C=O) groups excluding carboxylic acids is 1. The van der Waals surface area contributed by atoms with Gasteiger partial charge in [-0.05, 0) is 54.6 Å². The average molecular weight is 436 g/mol. The molecule has 7 nitrogen and oxygen atoms in total. The highest BCUT2D eigenvalue weighted by Crippen LogP contribution is 2.24. The molecule has 0 saturated heterocycles. The highest BCUT2D eigenvalue weighted by Gasteiger charge is 2.14. The number of benzene rings is 2. The summed E-state index contributed by atoms with van der Waals surface area (Å²) in [6.07, 6.45) is 3.53. The van der Waals surface area contributed by atoms with Crippen molar-refractivity contribution < 1.29 is 13.6 Å². The molecular weight excluding hydrogens is 422 g/mol. The topological polar surface area (TPSA) is 76.6 Å². The zero-order valence-corrected chi connectivity index (χ0v) is 16.7. The minimum absolute atomic E-state index is 0.115. The van der Waals surface area contributed by atoms with Gasteiger partial charge in [0.25, 0.3) is 0 Å². The third-order valence-electron chi connectivity index (χ3n) is 4.59. The van der Waals surface area contributed by atoms with Crippen LogP contribution in [0.3, 0.4) is 0 Å². The number of nitrogens with one attached hydrogen (secondary N) is 1. The Bertz CT molecular complexity index is 1400. The van der Waals surface area contributed by atoms with Crippen LogP contribution in [-0.2, 0) is 4.79 Å². The molecule has 0 spiro atoms. The van der Waals surface area contributed by atoms with Crippen molar-refractivity contribution in [2.75, 3.05) is 11.1 Å². The summed E-state index contributed by atoms with van der Waals surface area (Å²) in [5.74, 6) is -0.797. The van der Waals surface area contributed by atoms with Gasteiger partial charge in [0.05, 0.1) is 11.4 Å². The molecule has 1 N–H and O–H groups in total. The van der Waals surface area contributed by atoms with Crippen LogP contribution in [-0.4, -0.2) is 35.9 Å². The molecule has 0 aliphatic carbocycles. The standard InChI is InChI=1S/C21H14F2N6OS/c22-14-3-1-13(2-4-14)17-11-18-20-25-26-21(28(20)9-10-29(18)27-17)31-12-19(30)24-16-7-5-15(23)6-8-16/h1-11H,12H2,(H,24,30). The zero-order chi connectivity index (χ0) is 21.4. The smallest absolute Gasteiger partial charge is 0.234 e. The normalized spacial score (nSPS) is 11.3. The molecule has 0 saturated carbocycles. The quantitative estimate of drug-likeness (QED) is 0.421. The molecule has 0 bridgehead atoms. The number of halogens is 2. The fourth-order valence-electron chi connectivity index (χ4n) is 3.11. The Morgan fingerprint density at radius 2 is 1.68 bits per heavy atom. The van der Waals surface area contributed by atoms with Crippen molar-refractivity contribution in [3.05, 3.63) is 78.6 Å². The van der Waals surface area contributed by atoms with E-state index in [4.69, 9.17) is 0 Å². The first kappa shape index (κ1) is 19.2. The van der Waals surface area contributed by atoms with Crippen molar-refractivity contribution in [3.8, 4) is 11.3 Å². The number of hydrogen-bond acceptors (Lipinski definition) is 5.